The number of sulfonamides is 1. The summed E-state index contributed by atoms with van der Waals surface area (Å²) in [4.78, 5) is 17.9. The number of aromatic nitrogens is 2. The molecule has 28 heavy (non-hydrogen) atoms. The van der Waals surface area contributed by atoms with Crippen molar-refractivity contribution in [2.24, 2.45) is 0 Å². The average Bonchev–Trinajstić information content (AvgIpc) is 3.28. The summed E-state index contributed by atoms with van der Waals surface area (Å²) < 4.78 is 29.6. The molecule has 8 nitrogen and oxygen atoms in total. The van der Waals surface area contributed by atoms with Gasteiger partial charge in [0, 0.05) is 25.0 Å². The Morgan fingerprint density at radius 1 is 1.18 bits per heavy atom. The van der Waals surface area contributed by atoms with Crippen LogP contribution in [0.25, 0.3) is 5.65 Å². The highest BCUT2D eigenvalue weighted by atomic mass is 35.5. The number of fused-ring (bicyclic) bond motifs is 1. The van der Waals surface area contributed by atoms with Crippen LogP contribution in [0, 0.1) is 0 Å². The lowest BCUT2D eigenvalue weighted by Crippen LogP contribution is -2.20. The van der Waals surface area contributed by atoms with Crippen LogP contribution in [0.15, 0.2) is 47.6 Å². The topological polar surface area (TPSA) is 104 Å². The molecule has 0 aliphatic carbocycles. The summed E-state index contributed by atoms with van der Waals surface area (Å²) >= 11 is 6.06. The van der Waals surface area contributed by atoms with Gasteiger partial charge in [-0.2, -0.15) is 8.42 Å². The SMILES string of the molecule is O=C(O)c1cc(N2CCCC2)ccc1NS(=O)(=O)c1c(Cl)nc2ccccn12. The minimum absolute atomic E-state index is 0.0302. The van der Waals surface area contributed by atoms with Gasteiger partial charge in [-0.05, 0) is 43.2 Å². The van der Waals surface area contributed by atoms with Crippen molar-refractivity contribution in [2.75, 3.05) is 22.7 Å². The lowest BCUT2D eigenvalue weighted by atomic mass is 10.1. The van der Waals surface area contributed by atoms with Crippen LogP contribution in [0.3, 0.4) is 0 Å². The number of rotatable bonds is 5. The van der Waals surface area contributed by atoms with Gasteiger partial charge in [-0.25, -0.2) is 9.78 Å². The van der Waals surface area contributed by atoms with E-state index in [4.69, 9.17) is 11.6 Å². The fourth-order valence-corrected chi connectivity index (χ4v) is 5.08. The van der Waals surface area contributed by atoms with E-state index in [0.29, 0.717) is 5.65 Å². The first kappa shape index (κ1) is 18.6. The highest BCUT2D eigenvalue weighted by molar-refractivity contribution is 7.92. The number of carboxylic acids is 1. The molecule has 146 valence electrons. The first-order valence-electron chi connectivity index (χ1n) is 8.64. The number of pyridine rings is 1. The molecule has 3 aromatic rings. The standard InChI is InChI=1S/C18H17ClN4O4S/c19-16-17(23-10-2-1-5-15(23)20-16)28(26,27)21-14-7-6-12(11-13(14)18(24)25)22-8-3-4-9-22/h1-2,5-7,10-11,21H,3-4,8-9H2,(H,24,25). The molecule has 0 unspecified atom stereocenters. The van der Waals surface area contributed by atoms with Crippen LogP contribution in [0.2, 0.25) is 5.15 Å². The van der Waals surface area contributed by atoms with E-state index in [-0.39, 0.29) is 21.4 Å². The number of carbonyl (C=O) groups is 1. The number of carboxylic acid groups (broad SMARTS) is 1. The molecule has 0 spiro atoms. The molecule has 2 aromatic heterocycles. The fraction of sp³-hybridized carbons (Fsp3) is 0.222. The van der Waals surface area contributed by atoms with Crippen molar-refractivity contribution < 1.29 is 18.3 Å². The van der Waals surface area contributed by atoms with Gasteiger partial charge in [0.25, 0.3) is 10.0 Å². The van der Waals surface area contributed by atoms with Crippen LogP contribution in [-0.2, 0) is 10.0 Å². The highest BCUT2D eigenvalue weighted by Crippen LogP contribution is 2.29. The summed E-state index contributed by atoms with van der Waals surface area (Å²) in [5.74, 6) is -1.22. The van der Waals surface area contributed by atoms with Crippen LogP contribution < -0.4 is 9.62 Å². The third kappa shape index (κ3) is 3.27. The van der Waals surface area contributed by atoms with Gasteiger partial charge in [0.2, 0.25) is 0 Å². The summed E-state index contributed by atoms with van der Waals surface area (Å²) in [6, 6.07) is 9.65. The van der Waals surface area contributed by atoms with Crippen LogP contribution in [0.1, 0.15) is 23.2 Å². The van der Waals surface area contributed by atoms with Crippen molar-refractivity contribution in [3.05, 3.63) is 53.3 Å². The summed E-state index contributed by atoms with van der Waals surface area (Å²) in [7, 11) is -4.17. The molecular weight excluding hydrogens is 404 g/mol. The van der Waals surface area contributed by atoms with E-state index < -0.39 is 16.0 Å². The second-order valence-corrected chi connectivity index (χ2v) is 8.43. The molecule has 1 saturated heterocycles. The van der Waals surface area contributed by atoms with E-state index in [0.717, 1.165) is 31.6 Å². The van der Waals surface area contributed by atoms with Gasteiger partial charge >= 0.3 is 5.97 Å². The number of aromatic carboxylic acids is 1. The molecule has 0 saturated carbocycles. The number of hydrogen-bond donors (Lipinski definition) is 2. The van der Waals surface area contributed by atoms with Crippen LogP contribution in [0.4, 0.5) is 11.4 Å². The largest absolute Gasteiger partial charge is 0.478 e. The zero-order valence-corrected chi connectivity index (χ0v) is 16.2. The molecule has 1 aliphatic rings. The van der Waals surface area contributed by atoms with Crippen LogP contribution in [-0.4, -0.2) is 42.0 Å². The van der Waals surface area contributed by atoms with E-state index in [2.05, 4.69) is 14.6 Å². The van der Waals surface area contributed by atoms with E-state index in [1.165, 1.54) is 22.7 Å². The molecule has 1 aliphatic heterocycles. The van der Waals surface area contributed by atoms with Gasteiger partial charge in [0.1, 0.15) is 5.65 Å². The van der Waals surface area contributed by atoms with Crippen molar-refractivity contribution in [3.63, 3.8) is 0 Å². The second-order valence-electron chi connectivity index (χ2n) is 6.47. The lowest BCUT2D eigenvalue weighted by Gasteiger charge is -2.19. The predicted octanol–water partition coefficient (Wildman–Crippen LogP) is 3.09. The van der Waals surface area contributed by atoms with E-state index >= 15 is 0 Å². The number of benzene rings is 1. The van der Waals surface area contributed by atoms with E-state index in [1.54, 1.807) is 24.3 Å². The zero-order chi connectivity index (χ0) is 19.9. The molecule has 0 amide bonds. The fourth-order valence-electron chi connectivity index (χ4n) is 3.35. The van der Waals surface area contributed by atoms with Crippen molar-refractivity contribution >= 4 is 44.6 Å². The maximum atomic E-state index is 13.0. The van der Waals surface area contributed by atoms with Crippen molar-refractivity contribution in [1.82, 2.24) is 9.38 Å². The Morgan fingerprint density at radius 2 is 1.93 bits per heavy atom. The monoisotopic (exact) mass is 420 g/mol. The first-order chi connectivity index (χ1) is 13.4. The van der Waals surface area contributed by atoms with Crippen molar-refractivity contribution in [2.45, 2.75) is 17.9 Å². The van der Waals surface area contributed by atoms with Crippen molar-refractivity contribution in [3.8, 4) is 0 Å². The molecule has 10 heteroatoms. The quantitative estimate of drug-likeness (QED) is 0.657. The molecule has 3 heterocycles. The summed E-state index contributed by atoms with van der Waals surface area (Å²) in [5, 5.41) is 9.15. The number of nitrogens with one attached hydrogen (secondary N) is 1. The summed E-state index contributed by atoms with van der Waals surface area (Å²) in [5.41, 5.74) is 0.969. The zero-order valence-electron chi connectivity index (χ0n) is 14.7. The Bertz CT molecular complexity index is 1170. The Kier molecular flexibility index (Phi) is 4.64. The Hall–Kier alpha value is -2.78. The lowest BCUT2D eigenvalue weighted by molar-refractivity contribution is 0.0698. The minimum atomic E-state index is -4.17. The third-order valence-corrected chi connectivity index (χ3v) is 6.41. The third-order valence-electron chi connectivity index (χ3n) is 4.65. The maximum absolute atomic E-state index is 13.0. The van der Waals surface area contributed by atoms with E-state index in [1.807, 2.05) is 0 Å². The van der Waals surface area contributed by atoms with Gasteiger partial charge < -0.3 is 10.0 Å². The van der Waals surface area contributed by atoms with Gasteiger partial charge in [-0.3, -0.25) is 9.12 Å². The molecule has 0 radical (unpaired) electrons. The number of nitrogens with zero attached hydrogens (tertiary/aromatic N) is 3. The first-order valence-corrected chi connectivity index (χ1v) is 10.5. The van der Waals surface area contributed by atoms with Gasteiger partial charge in [-0.15, -0.1) is 0 Å². The molecule has 0 atom stereocenters. The Balaban J connectivity index is 1.75. The smallest absolute Gasteiger partial charge is 0.337 e. The molecular formula is C18H17ClN4O4S. The molecule has 1 fully saturated rings. The van der Waals surface area contributed by atoms with Gasteiger partial charge in [0.05, 0.1) is 11.3 Å². The molecule has 2 N–H and O–H groups in total. The maximum Gasteiger partial charge on any atom is 0.337 e. The van der Waals surface area contributed by atoms with Gasteiger partial charge in [0.15, 0.2) is 10.2 Å². The number of halogens is 1. The Labute approximate surface area is 166 Å². The number of imidazole rings is 1. The number of hydrogen-bond acceptors (Lipinski definition) is 5. The minimum Gasteiger partial charge on any atom is -0.478 e. The Morgan fingerprint density at radius 3 is 2.64 bits per heavy atom. The summed E-state index contributed by atoms with van der Waals surface area (Å²) in [6.07, 6.45) is 3.62. The predicted molar refractivity (Wildman–Crippen MR) is 106 cm³/mol. The molecule has 4 rings (SSSR count). The molecule has 1 aromatic carbocycles. The normalized spacial score (nSPS) is 14.5. The average molecular weight is 421 g/mol. The summed E-state index contributed by atoms with van der Waals surface area (Å²) in [6.45, 7) is 1.70. The van der Waals surface area contributed by atoms with E-state index in [9.17, 15) is 18.3 Å². The second kappa shape index (κ2) is 6.99. The van der Waals surface area contributed by atoms with Crippen molar-refractivity contribution in [1.29, 1.82) is 0 Å². The number of anilines is 2. The highest BCUT2D eigenvalue weighted by Gasteiger charge is 2.26. The molecule has 0 bridgehead atoms. The van der Waals surface area contributed by atoms with Crippen LogP contribution in [0.5, 0.6) is 0 Å². The van der Waals surface area contributed by atoms with Crippen LogP contribution >= 0.6 is 11.6 Å². The van der Waals surface area contributed by atoms with Gasteiger partial charge in [-0.1, -0.05) is 17.7 Å².